The zero-order valence-electron chi connectivity index (χ0n) is 19.1. The van der Waals surface area contributed by atoms with Crippen molar-refractivity contribution in [2.45, 2.75) is 88.8 Å². The van der Waals surface area contributed by atoms with Gasteiger partial charge in [-0.3, -0.25) is 4.90 Å². The summed E-state index contributed by atoms with van der Waals surface area (Å²) in [6.07, 6.45) is 12.3. The van der Waals surface area contributed by atoms with E-state index in [1.807, 2.05) is 17.0 Å². The molecule has 2 saturated carbocycles. The van der Waals surface area contributed by atoms with E-state index in [1.54, 1.807) is 0 Å². The van der Waals surface area contributed by atoms with Crippen molar-refractivity contribution in [3.8, 4) is 0 Å². The molecule has 2 aliphatic carbocycles. The van der Waals surface area contributed by atoms with E-state index in [9.17, 15) is 4.79 Å². The lowest BCUT2D eigenvalue weighted by molar-refractivity contribution is 0.0897. The molecule has 2 aliphatic heterocycles. The van der Waals surface area contributed by atoms with Crippen LogP contribution in [0.3, 0.4) is 0 Å². The van der Waals surface area contributed by atoms with Gasteiger partial charge >= 0.3 is 6.03 Å². The summed E-state index contributed by atoms with van der Waals surface area (Å²) in [6, 6.07) is 8.91. The molecule has 1 aromatic rings. The van der Waals surface area contributed by atoms with Gasteiger partial charge in [-0.2, -0.15) is 4.99 Å². The van der Waals surface area contributed by atoms with Crippen LogP contribution in [-0.2, 0) is 0 Å². The maximum absolute atomic E-state index is 13.3. The maximum atomic E-state index is 13.3. The molecular weight excluding hydrogens is 488 g/mol. The van der Waals surface area contributed by atoms with Crippen LogP contribution >= 0.6 is 28.3 Å². The summed E-state index contributed by atoms with van der Waals surface area (Å²) >= 11 is 3.60. The number of urea groups is 1. The van der Waals surface area contributed by atoms with E-state index >= 15 is 0 Å². The quantitative estimate of drug-likeness (QED) is 0.514. The molecule has 176 valence electrons. The molecular formula is C25H36BrClN4O. The zero-order valence-corrected chi connectivity index (χ0v) is 21.5. The van der Waals surface area contributed by atoms with Crippen LogP contribution in [0.1, 0.15) is 71.1 Å². The third kappa shape index (κ3) is 4.60. The minimum absolute atomic E-state index is 0. The Morgan fingerprint density at radius 2 is 1.94 bits per heavy atom. The predicted octanol–water partition coefficient (Wildman–Crippen LogP) is 6.15. The molecule has 0 aromatic heterocycles. The monoisotopic (exact) mass is 522 g/mol. The van der Waals surface area contributed by atoms with E-state index in [0.717, 1.165) is 41.3 Å². The highest BCUT2D eigenvalue weighted by Crippen LogP contribution is 2.42. The number of anilines is 1. The number of aliphatic imine (C=N–C) groups is 1. The summed E-state index contributed by atoms with van der Waals surface area (Å²) in [5.74, 6) is 1.80. The van der Waals surface area contributed by atoms with E-state index in [2.05, 4.69) is 50.2 Å². The minimum atomic E-state index is -0.356. The molecule has 2 atom stereocenters. The smallest absolute Gasteiger partial charge is 0.350 e. The maximum Gasteiger partial charge on any atom is 0.350 e. The van der Waals surface area contributed by atoms with Gasteiger partial charge in [0.1, 0.15) is 11.4 Å². The van der Waals surface area contributed by atoms with Gasteiger partial charge in [-0.05, 0) is 69.6 Å². The van der Waals surface area contributed by atoms with Crippen molar-refractivity contribution in [2.75, 3.05) is 18.0 Å². The van der Waals surface area contributed by atoms with Gasteiger partial charge < -0.3 is 10.2 Å². The van der Waals surface area contributed by atoms with Crippen molar-refractivity contribution in [3.05, 3.63) is 28.7 Å². The van der Waals surface area contributed by atoms with Crippen molar-refractivity contribution in [3.63, 3.8) is 0 Å². The van der Waals surface area contributed by atoms with E-state index in [1.165, 1.54) is 57.9 Å². The molecule has 0 bridgehead atoms. The number of piperidine rings is 1. The largest absolute Gasteiger partial charge is 0.369 e. The van der Waals surface area contributed by atoms with Crippen LogP contribution < -0.4 is 10.2 Å². The van der Waals surface area contributed by atoms with Crippen LogP contribution in [0.15, 0.2) is 33.7 Å². The molecule has 3 fully saturated rings. The lowest BCUT2D eigenvalue weighted by atomic mass is 9.78. The molecule has 0 radical (unpaired) electrons. The van der Waals surface area contributed by atoms with Crippen LogP contribution in [0, 0.1) is 5.92 Å². The Kier molecular flexibility index (Phi) is 7.53. The number of nitrogens with zero attached hydrogens (tertiary/aromatic N) is 3. The fraction of sp³-hybridized carbons (Fsp3) is 0.680. The Morgan fingerprint density at radius 3 is 2.59 bits per heavy atom. The second-order valence-electron chi connectivity index (χ2n) is 10.2. The first-order valence-electron chi connectivity index (χ1n) is 12.2. The number of halogens is 2. The fourth-order valence-electron chi connectivity index (χ4n) is 6.08. The summed E-state index contributed by atoms with van der Waals surface area (Å²) in [5.41, 5.74) is 0.591. The van der Waals surface area contributed by atoms with E-state index < -0.39 is 0 Å². The van der Waals surface area contributed by atoms with Crippen LogP contribution in [0.5, 0.6) is 0 Å². The molecule has 2 heterocycles. The highest BCUT2D eigenvalue weighted by Gasteiger charge is 2.54. The summed E-state index contributed by atoms with van der Waals surface area (Å²) in [4.78, 5) is 22.6. The number of hydrogen-bond donors (Lipinski definition) is 1. The number of rotatable bonds is 4. The average Bonchev–Trinajstić information content (AvgIpc) is 2.97. The van der Waals surface area contributed by atoms with E-state index in [0.29, 0.717) is 12.1 Å². The molecule has 5 nitrogen and oxygen atoms in total. The Bertz CT molecular complexity index is 854. The van der Waals surface area contributed by atoms with Gasteiger partial charge in [0, 0.05) is 35.3 Å². The first kappa shape index (κ1) is 24.0. The number of likely N-dealkylation sites (tertiary alicyclic amines) is 1. The zero-order chi connectivity index (χ0) is 21.4. The lowest BCUT2D eigenvalue weighted by Gasteiger charge is -2.49. The molecule has 1 saturated heterocycles. The highest BCUT2D eigenvalue weighted by molar-refractivity contribution is 9.10. The molecule has 2 amide bonds. The van der Waals surface area contributed by atoms with Crippen LogP contribution in [0.2, 0.25) is 0 Å². The van der Waals surface area contributed by atoms with Crippen molar-refractivity contribution in [1.29, 1.82) is 0 Å². The number of amidine groups is 1. The predicted molar refractivity (Wildman–Crippen MR) is 137 cm³/mol. The minimum Gasteiger partial charge on any atom is -0.369 e. The number of nitrogens with one attached hydrogen (secondary N) is 1. The van der Waals surface area contributed by atoms with Gasteiger partial charge in [0.15, 0.2) is 0 Å². The van der Waals surface area contributed by atoms with Crippen molar-refractivity contribution < 1.29 is 4.79 Å². The van der Waals surface area contributed by atoms with E-state index in [4.69, 9.17) is 0 Å². The van der Waals surface area contributed by atoms with Gasteiger partial charge in [-0.15, -0.1) is 12.4 Å². The highest BCUT2D eigenvalue weighted by atomic mass is 79.9. The lowest BCUT2D eigenvalue weighted by Crippen LogP contribution is -2.64. The van der Waals surface area contributed by atoms with Gasteiger partial charge in [0.05, 0.1) is 0 Å². The second-order valence-corrected chi connectivity index (χ2v) is 11.1. The Labute approximate surface area is 206 Å². The van der Waals surface area contributed by atoms with Gasteiger partial charge in [0.25, 0.3) is 0 Å². The molecule has 7 heteroatoms. The number of benzene rings is 1. The van der Waals surface area contributed by atoms with Crippen molar-refractivity contribution in [2.24, 2.45) is 10.9 Å². The van der Waals surface area contributed by atoms with Gasteiger partial charge in [-0.1, -0.05) is 47.7 Å². The number of carbonyl (C=O) groups excluding carboxylic acids is 1. The van der Waals surface area contributed by atoms with Gasteiger partial charge in [-0.25, -0.2) is 4.79 Å². The van der Waals surface area contributed by atoms with Crippen LogP contribution in [0.4, 0.5) is 10.5 Å². The normalized spacial score (nSPS) is 29.6. The summed E-state index contributed by atoms with van der Waals surface area (Å²) in [5, 5.41) is 3.78. The Balaban J connectivity index is 0.00000245. The average molecular weight is 524 g/mol. The first-order valence-corrected chi connectivity index (χ1v) is 13.0. The summed E-state index contributed by atoms with van der Waals surface area (Å²) in [6.45, 7) is 4.59. The molecule has 0 unspecified atom stereocenters. The van der Waals surface area contributed by atoms with Crippen LogP contribution in [0.25, 0.3) is 0 Å². The topological polar surface area (TPSA) is 47.9 Å². The third-order valence-electron chi connectivity index (χ3n) is 8.07. The van der Waals surface area contributed by atoms with Crippen molar-refractivity contribution in [1.82, 2.24) is 10.2 Å². The van der Waals surface area contributed by atoms with Crippen LogP contribution in [-0.4, -0.2) is 47.5 Å². The summed E-state index contributed by atoms with van der Waals surface area (Å²) < 4.78 is 0.997. The van der Waals surface area contributed by atoms with Crippen molar-refractivity contribution >= 4 is 45.9 Å². The Morgan fingerprint density at radius 1 is 1.16 bits per heavy atom. The molecule has 4 aliphatic rings. The molecule has 1 aromatic carbocycles. The SMILES string of the molecule is C[C@H]1C[C@]2(CCN1CC1CCC1)C(NC1CCCCC1)=NC(=O)N2c1cccc(Br)c1.Cl. The summed E-state index contributed by atoms with van der Waals surface area (Å²) in [7, 11) is 0. The second kappa shape index (κ2) is 10.0. The molecule has 1 spiro atoms. The molecule has 5 rings (SSSR count). The Hall–Kier alpha value is -1.11. The fourth-order valence-corrected chi connectivity index (χ4v) is 6.47. The van der Waals surface area contributed by atoms with E-state index in [-0.39, 0.29) is 24.0 Å². The first-order chi connectivity index (χ1) is 15.0. The number of hydrogen-bond acceptors (Lipinski definition) is 3. The third-order valence-corrected chi connectivity index (χ3v) is 8.56. The molecule has 32 heavy (non-hydrogen) atoms. The standard InChI is InChI=1S/C25H35BrN4O.ClH/c1-18-16-25(13-14-29(18)17-19-7-5-8-19)23(27-21-10-3-2-4-11-21)28-24(31)30(25)22-12-6-9-20(26)15-22;/h6,9,12,15,18-19,21H,2-5,7-8,10-11,13-14,16-17H2,1H3,(H,27,28,31);1H/t18-,25+;/m0./s1. The number of carbonyl (C=O) groups is 1. The molecule has 1 N–H and O–H groups in total. The number of amides is 2. The van der Waals surface area contributed by atoms with Gasteiger partial charge in [0.2, 0.25) is 0 Å².